The van der Waals surface area contributed by atoms with Gasteiger partial charge in [0, 0.05) is 19.0 Å². The number of aliphatic hydroxyl groups is 1. The molecule has 3 rings (SSSR count). The molecule has 2 aliphatic rings. The third-order valence-corrected chi connectivity index (χ3v) is 4.89. The maximum atomic E-state index is 12.2. The van der Waals surface area contributed by atoms with Gasteiger partial charge in [-0.05, 0) is 37.1 Å². The largest absolute Gasteiger partial charge is 0.390 e. The average molecular weight is 303 g/mol. The number of aliphatic hydroxyl groups excluding tert-OH is 1. The number of hydrogen-bond donors (Lipinski definition) is 3. The van der Waals surface area contributed by atoms with Crippen LogP contribution in [-0.2, 0) is 6.42 Å². The van der Waals surface area contributed by atoms with Crippen molar-refractivity contribution >= 4 is 6.03 Å². The summed E-state index contributed by atoms with van der Waals surface area (Å²) in [4.78, 5) is 14.6. The number of carbonyl (C=O) groups is 1. The lowest BCUT2D eigenvalue weighted by atomic mass is 10.1. The number of fused-ring (bicyclic) bond motifs is 1. The molecule has 5 nitrogen and oxygen atoms in total. The van der Waals surface area contributed by atoms with E-state index in [0.29, 0.717) is 19.0 Å². The second-order valence-corrected chi connectivity index (χ2v) is 6.23. The van der Waals surface area contributed by atoms with Gasteiger partial charge in [-0.2, -0.15) is 0 Å². The Labute approximate surface area is 131 Å². The van der Waals surface area contributed by atoms with Crippen LogP contribution in [0, 0.1) is 0 Å². The maximum Gasteiger partial charge on any atom is 0.315 e. The first-order valence-corrected chi connectivity index (χ1v) is 8.23. The first-order valence-electron chi connectivity index (χ1n) is 8.23. The molecule has 2 amide bonds. The molecule has 1 fully saturated rings. The summed E-state index contributed by atoms with van der Waals surface area (Å²) in [7, 11) is 0. The molecule has 1 heterocycles. The predicted molar refractivity (Wildman–Crippen MR) is 85.7 cm³/mol. The van der Waals surface area contributed by atoms with Gasteiger partial charge in [0.25, 0.3) is 0 Å². The summed E-state index contributed by atoms with van der Waals surface area (Å²) in [5.74, 6) is 0. The standard InChI is InChI=1S/C17H25N3O2/c1-2-20-9-5-7-13(20)11-18-17(22)19-16-14-8-4-3-6-12(14)10-15(16)21/h3-4,6,8,13,15-16,21H,2,5,7,9-11H2,1H3,(H2,18,19,22). The van der Waals surface area contributed by atoms with E-state index in [1.165, 1.54) is 6.42 Å². The summed E-state index contributed by atoms with van der Waals surface area (Å²) in [6, 6.07) is 7.85. The van der Waals surface area contributed by atoms with Crippen molar-refractivity contribution in [2.24, 2.45) is 0 Å². The first-order chi connectivity index (χ1) is 10.7. The molecule has 0 bridgehead atoms. The van der Waals surface area contributed by atoms with Crippen LogP contribution in [-0.4, -0.2) is 47.8 Å². The van der Waals surface area contributed by atoms with Crippen molar-refractivity contribution in [3.63, 3.8) is 0 Å². The van der Waals surface area contributed by atoms with Gasteiger partial charge < -0.3 is 15.7 Å². The van der Waals surface area contributed by atoms with Crippen LogP contribution >= 0.6 is 0 Å². The number of urea groups is 1. The van der Waals surface area contributed by atoms with Crippen LogP contribution in [0.3, 0.4) is 0 Å². The second kappa shape index (κ2) is 6.67. The monoisotopic (exact) mass is 303 g/mol. The molecule has 0 aromatic heterocycles. The Morgan fingerprint density at radius 3 is 3.05 bits per heavy atom. The Kier molecular flexibility index (Phi) is 4.64. The summed E-state index contributed by atoms with van der Waals surface area (Å²) in [5, 5.41) is 16.1. The number of carbonyl (C=O) groups excluding carboxylic acids is 1. The zero-order chi connectivity index (χ0) is 15.5. The van der Waals surface area contributed by atoms with E-state index in [9.17, 15) is 9.90 Å². The molecule has 22 heavy (non-hydrogen) atoms. The molecule has 1 saturated heterocycles. The lowest BCUT2D eigenvalue weighted by molar-refractivity contribution is 0.142. The van der Waals surface area contributed by atoms with Gasteiger partial charge in [-0.3, -0.25) is 4.90 Å². The SMILES string of the molecule is CCN1CCCC1CNC(=O)NC1c2ccccc2CC1O. The van der Waals surface area contributed by atoms with Gasteiger partial charge in [0.2, 0.25) is 0 Å². The minimum Gasteiger partial charge on any atom is -0.390 e. The Hall–Kier alpha value is -1.59. The van der Waals surface area contributed by atoms with Gasteiger partial charge in [0.05, 0.1) is 12.1 Å². The average Bonchev–Trinajstić information content (AvgIpc) is 3.10. The van der Waals surface area contributed by atoms with Crippen LogP contribution in [0.1, 0.15) is 36.9 Å². The summed E-state index contributed by atoms with van der Waals surface area (Å²) in [6.07, 6.45) is 2.41. The van der Waals surface area contributed by atoms with Crippen molar-refractivity contribution in [3.8, 4) is 0 Å². The molecule has 0 spiro atoms. The number of nitrogens with one attached hydrogen (secondary N) is 2. The highest BCUT2D eigenvalue weighted by Gasteiger charge is 2.32. The van der Waals surface area contributed by atoms with E-state index in [4.69, 9.17) is 0 Å². The summed E-state index contributed by atoms with van der Waals surface area (Å²) in [6.45, 7) is 4.98. The molecule has 3 atom stereocenters. The topological polar surface area (TPSA) is 64.6 Å². The number of rotatable bonds is 4. The maximum absolute atomic E-state index is 12.2. The first kappa shape index (κ1) is 15.3. The van der Waals surface area contributed by atoms with E-state index in [0.717, 1.165) is 30.6 Å². The third-order valence-electron chi connectivity index (χ3n) is 4.89. The van der Waals surface area contributed by atoms with Crippen molar-refractivity contribution < 1.29 is 9.90 Å². The van der Waals surface area contributed by atoms with E-state index >= 15 is 0 Å². The number of amides is 2. The molecule has 1 aliphatic heterocycles. The number of likely N-dealkylation sites (tertiary alicyclic amines) is 1. The molecule has 0 saturated carbocycles. The highest BCUT2D eigenvalue weighted by atomic mass is 16.3. The molecular formula is C17H25N3O2. The van der Waals surface area contributed by atoms with Crippen molar-refractivity contribution in [3.05, 3.63) is 35.4 Å². The van der Waals surface area contributed by atoms with Gasteiger partial charge >= 0.3 is 6.03 Å². The van der Waals surface area contributed by atoms with E-state index in [1.54, 1.807) is 0 Å². The van der Waals surface area contributed by atoms with Crippen LogP contribution in [0.5, 0.6) is 0 Å². The smallest absolute Gasteiger partial charge is 0.315 e. The predicted octanol–water partition coefficient (Wildman–Crippen LogP) is 1.43. The Morgan fingerprint density at radius 2 is 2.23 bits per heavy atom. The van der Waals surface area contributed by atoms with Gasteiger partial charge in [0.15, 0.2) is 0 Å². The zero-order valence-electron chi connectivity index (χ0n) is 13.1. The van der Waals surface area contributed by atoms with Crippen LogP contribution in [0.15, 0.2) is 24.3 Å². The van der Waals surface area contributed by atoms with Crippen molar-refractivity contribution in [1.82, 2.24) is 15.5 Å². The van der Waals surface area contributed by atoms with Gasteiger partial charge in [-0.25, -0.2) is 4.79 Å². The Bertz CT molecular complexity index is 534. The summed E-state index contributed by atoms with van der Waals surface area (Å²) >= 11 is 0. The zero-order valence-corrected chi connectivity index (χ0v) is 13.1. The Morgan fingerprint density at radius 1 is 1.41 bits per heavy atom. The normalized spacial score (nSPS) is 27.6. The summed E-state index contributed by atoms with van der Waals surface area (Å²) < 4.78 is 0. The molecule has 120 valence electrons. The molecule has 5 heteroatoms. The number of nitrogens with zero attached hydrogens (tertiary/aromatic N) is 1. The van der Waals surface area contributed by atoms with Crippen LogP contribution in [0.25, 0.3) is 0 Å². The minimum atomic E-state index is -0.540. The lowest BCUT2D eigenvalue weighted by Gasteiger charge is -2.24. The Balaban J connectivity index is 1.54. The fraction of sp³-hybridized carbons (Fsp3) is 0.588. The van der Waals surface area contributed by atoms with E-state index in [2.05, 4.69) is 22.5 Å². The van der Waals surface area contributed by atoms with E-state index in [-0.39, 0.29) is 12.1 Å². The molecule has 1 aromatic carbocycles. The molecular weight excluding hydrogens is 278 g/mol. The van der Waals surface area contributed by atoms with Crippen LogP contribution < -0.4 is 10.6 Å². The molecule has 3 unspecified atom stereocenters. The van der Waals surface area contributed by atoms with Crippen LogP contribution in [0.4, 0.5) is 4.79 Å². The molecule has 0 radical (unpaired) electrons. The van der Waals surface area contributed by atoms with E-state index in [1.807, 2.05) is 24.3 Å². The number of likely N-dealkylation sites (N-methyl/N-ethyl adjacent to an activating group) is 1. The van der Waals surface area contributed by atoms with Gasteiger partial charge in [0.1, 0.15) is 0 Å². The second-order valence-electron chi connectivity index (χ2n) is 6.23. The minimum absolute atomic E-state index is 0.191. The van der Waals surface area contributed by atoms with Crippen molar-refractivity contribution in [2.75, 3.05) is 19.6 Å². The molecule has 1 aliphatic carbocycles. The highest BCUT2D eigenvalue weighted by molar-refractivity contribution is 5.74. The van der Waals surface area contributed by atoms with Crippen LogP contribution in [0.2, 0.25) is 0 Å². The van der Waals surface area contributed by atoms with E-state index < -0.39 is 6.10 Å². The lowest BCUT2D eigenvalue weighted by Crippen LogP contribution is -2.46. The van der Waals surface area contributed by atoms with Crippen molar-refractivity contribution in [1.29, 1.82) is 0 Å². The fourth-order valence-corrected chi connectivity index (χ4v) is 3.69. The van der Waals surface area contributed by atoms with Crippen molar-refractivity contribution in [2.45, 2.75) is 44.4 Å². The van der Waals surface area contributed by atoms with Gasteiger partial charge in [-0.15, -0.1) is 0 Å². The highest BCUT2D eigenvalue weighted by Crippen LogP contribution is 2.31. The molecule has 3 N–H and O–H groups in total. The quantitative estimate of drug-likeness (QED) is 0.788. The number of benzene rings is 1. The van der Waals surface area contributed by atoms with Gasteiger partial charge in [-0.1, -0.05) is 31.2 Å². The number of hydrogen-bond acceptors (Lipinski definition) is 3. The molecule has 1 aromatic rings. The fourth-order valence-electron chi connectivity index (χ4n) is 3.69. The summed E-state index contributed by atoms with van der Waals surface area (Å²) in [5.41, 5.74) is 2.15. The third kappa shape index (κ3) is 3.10.